The average molecular weight is 528 g/mol. The zero-order valence-electron chi connectivity index (χ0n) is 22.5. The number of benzene rings is 1. The molecule has 206 valence electrons. The van der Waals surface area contributed by atoms with Crippen LogP contribution >= 0.6 is 0 Å². The number of fused-ring (bicyclic) bond motifs is 1. The summed E-state index contributed by atoms with van der Waals surface area (Å²) in [6.45, 7) is 4.66. The van der Waals surface area contributed by atoms with Gasteiger partial charge in [0.15, 0.2) is 5.78 Å². The molecule has 0 spiro atoms. The third-order valence-electron chi connectivity index (χ3n) is 6.97. The fourth-order valence-corrected chi connectivity index (χ4v) is 4.53. The summed E-state index contributed by atoms with van der Waals surface area (Å²) in [6, 6.07) is 8.22. The highest BCUT2D eigenvalue weighted by Crippen LogP contribution is 2.35. The van der Waals surface area contributed by atoms with Crippen LogP contribution in [0.15, 0.2) is 41.7 Å². The number of unbranched alkanes of at least 4 members (excludes halogenated alkanes) is 5. The molecule has 1 aliphatic rings. The number of carbonyl (C=O) groups excluding carboxylic acids is 3. The minimum Gasteiger partial charge on any atom is -0.466 e. The van der Waals surface area contributed by atoms with Gasteiger partial charge in [-0.25, -0.2) is 4.39 Å². The van der Waals surface area contributed by atoms with Gasteiger partial charge < -0.3 is 14.9 Å². The smallest absolute Gasteiger partial charge is 0.308 e. The summed E-state index contributed by atoms with van der Waals surface area (Å²) in [4.78, 5) is 48.4. The van der Waals surface area contributed by atoms with Gasteiger partial charge in [-0.3, -0.25) is 19.4 Å². The second kappa shape index (κ2) is 14.0. The second-order valence-electron chi connectivity index (χ2n) is 10.0. The van der Waals surface area contributed by atoms with E-state index in [1.165, 1.54) is 6.42 Å². The van der Waals surface area contributed by atoms with E-state index in [0.29, 0.717) is 11.4 Å². The maximum absolute atomic E-state index is 13.5. The molecular weight excluding hydrogens is 489 g/mol. The molecule has 3 rings (SSSR count). The Labute approximate surface area is 223 Å². The van der Waals surface area contributed by atoms with E-state index in [2.05, 4.69) is 22.4 Å². The lowest BCUT2D eigenvalue weighted by atomic mass is 9.83. The Balaban J connectivity index is 1.65. The molecule has 0 saturated heterocycles. The first kappa shape index (κ1) is 29.2. The number of Topliss-reactive ketones (excluding diaryl/α,β-unsaturated/α-hetero) is 1. The molecule has 1 amide bonds. The number of nitrogens with one attached hydrogen (secondary N) is 1. The monoisotopic (exact) mass is 527 g/mol. The normalized spacial score (nSPS) is 17.7. The van der Waals surface area contributed by atoms with Crippen molar-refractivity contribution in [2.24, 2.45) is 11.1 Å². The number of carbonyl (C=O) groups is 3. The van der Waals surface area contributed by atoms with Gasteiger partial charge in [0.25, 0.3) is 5.91 Å². The van der Waals surface area contributed by atoms with Crippen LogP contribution in [0.4, 0.5) is 4.39 Å². The highest BCUT2D eigenvalue weighted by Gasteiger charge is 2.51. The zero-order chi connectivity index (χ0) is 27.5. The van der Waals surface area contributed by atoms with Gasteiger partial charge >= 0.3 is 5.97 Å². The van der Waals surface area contributed by atoms with Gasteiger partial charge in [0.2, 0.25) is 5.60 Å². The van der Waals surface area contributed by atoms with Crippen molar-refractivity contribution in [3.8, 4) is 0 Å². The van der Waals surface area contributed by atoms with E-state index < -0.39 is 42.4 Å². The number of halogens is 1. The third-order valence-corrected chi connectivity index (χ3v) is 6.97. The molecule has 38 heavy (non-hydrogen) atoms. The number of ketones is 1. The lowest BCUT2D eigenvalue weighted by Gasteiger charge is -2.30. The number of hydrogen-bond donors (Lipinski definition) is 1. The third kappa shape index (κ3) is 7.14. The Hall–Kier alpha value is -3.36. The predicted molar refractivity (Wildman–Crippen MR) is 143 cm³/mol. The summed E-state index contributed by atoms with van der Waals surface area (Å²) in [6.07, 6.45) is 7.54. The van der Waals surface area contributed by atoms with Crippen molar-refractivity contribution in [2.45, 2.75) is 83.8 Å². The first-order valence-corrected chi connectivity index (χ1v) is 13.5. The first-order valence-electron chi connectivity index (χ1n) is 13.5. The topological polar surface area (TPSA) is 107 Å². The number of ether oxygens (including phenoxy) is 1. The summed E-state index contributed by atoms with van der Waals surface area (Å²) >= 11 is 0. The fourth-order valence-electron chi connectivity index (χ4n) is 4.53. The average Bonchev–Trinajstić information content (AvgIpc) is 3.38. The van der Waals surface area contributed by atoms with Crippen LogP contribution < -0.4 is 5.32 Å². The lowest BCUT2D eigenvalue weighted by molar-refractivity contribution is -0.153. The lowest BCUT2D eigenvalue weighted by Crippen LogP contribution is -2.55. The van der Waals surface area contributed by atoms with Gasteiger partial charge in [0.05, 0.1) is 18.7 Å². The van der Waals surface area contributed by atoms with Crippen molar-refractivity contribution in [3.05, 3.63) is 42.2 Å². The predicted octanol–water partition coefficient (Wildman–Crippen LogP) is 5.07. The van der Waals surface area contributed by atoms with Gasteiger partial charge in [-0.05, 0) is 17.9 Å². The highest BCUT2D eigenvalue weighted by molar-refractivity contribution is 6.12. The highest BCUT2D eigenvalue weighted by atomic mass is 19.1. The maximum atomic E-state index is 13.5. The van der Waals surface area contributed by atoms with Gasteiger partial charge in [0, 0.05) is 23.9 Å². The summed E-state index contributed by atoms with van der Waals surface area (Å²) in [5, 5.41) is 8.60. The van der Waals surface area contributed by atoms with Crippen LogP contribution in [0.3, 0.4) is 0 Å². The zero-order valence-corrected chi connectivity index (χ0v) is 22.5. The molecule has 2 atom stereocenters. The molecular formula is C29H38FN3O5. The summed E-state index contributed by atoms with van der Waals surface area (Å²) in [5.74, 6) is -2.54. The molecule has 2 heterocycles. The first-order chi connectivity index (χ1) is 18.3. The molecule has 1 aromatic carbocycles. The van der Waals surface area contributed by atoms with E-state index in [1.54, 1.807) is 20.0 Å². The van der Waals surface area contributed by atoms with Crippen LogP contribution in [-0.4, -0.2) is 53.3 Å². The molecule has 0 aliphatic carbocycles. The Bertz CT molecular complexity index is 1150. The molecule has 1 aliphatic heterocycles. The number of oxime groups is 1. The molecule has 0 bridgehead atoms. The van der Waals surface area contributed by atoms with Crippen LogP contribution in [0, 0.1) is 5.92 Å². The standard InChI is InChI=1S/C29H38FN3O5/c1-4-5-6-7-8-11-16-37-26(35)17-23(25(34)19-30)32-28(36)29(20(2)3)18-24(33-38-29)27-22-13-10-9-12-21(22)14-15-31-27/h9-10,12-15,20,23H,4-8,11,16-19H2,1-3H3,(H,32,36)/t23-,29?/m0/s1. The van der Waals surface area contributed by atoms with Crippen LogP contribution in [0.5, 0.6) is 0 Å². The number of hydrogen-bond acceptors (Lipinski definition) is 7. The number of aromatic nitrogens is 1. The van der Waals surface area contributed by atoms with E-state index in [4.69, 9.17) is 9.57 Å². The van der Waals surface area contributed by atoms with Crippen molar-refractivity contribution < 1.29 is 28.3 Å². The second-order valence-corrected chi connectivity index (χ2v) is 10.0. The van der Waals surface area contributed by atoms with E-state index in [1.807, 2.05) is 30.3 Å². The van der Waals surface area contributed by atoms with Gasteiger partial charge in [-0.1, -0.05) is 82.3 Å². The van der Waals surface area contributed by atoms with Crippen LogP contribution in [0.2, 0.25) is 0 Å². The molecule has 1 aromatic heterocycles. The maximum Gasteiger partial charge on any atom is 0.308 e. The number of alkyl halides is 1. The molecule has 1 N–H and O–H groups in total. The molecule has 1 unspecified atom stereocenters. The van der Waals surface area contributed by atoms with Crippen molar-refractivity contribution in [1.82, 2.24) is 10.3 Å². The van der Waals surface area contributed by atoms with Crippen LogP contribution in [0.25, 0.3) is 10.8 Å². The number of nitrogens with zero attached hydrogens (tertiary/aromatic N) is 2. The molecule has 0 radical (unpaired) electrons. The largest absolute Gasteiger partial charge is 0.466 e. The van der Waals surface area contributed by atoms with Gasteiger partial charge in [0.1, 0.15) is 18.4 Å². The summed E-state index contributed by atoms with van der Waals surface area (Å²) in [5.41, 5.74) is -0.337. The van der Waals surface area contributed by atoms with E-state index in [-0.39, 0.29) is 18.9 Å². The van der Waals surface area contributed by atoms with Crippen molar-refractivity contribution >= 4 is 34.1 Å². The quantitative estimate of drug-likeness (QED) is 0.256. The summed E-state index contributed by atoms with van der Waals surface area (Å²) < 4.78 is 18.6. The van der Waals surface area contributed by atoms with E-state index >= 15 is 0 Å². The minimum atomic E-state index is -1.44. The minimum absolute atomic E-state index is 0.108. The molecule has 9 heteroatoms. The Morgan fingerprint density at radius 1 is 1.11 bits per heavy atom. The fraction of sp³-hybridized carbons (Fsp3) is 0.552. The Morgan fingerprint density at radius 3 is 2.58 bits per heavy atom. The van der Waals surface area contributed by atoms with Gasteiger partial charge in [-0.15, -0.1) is 0 Å². The van der Waals surface area contributed by atoms with Crippen LogP contribution in [0.1, 0.15) is 77.8 Å². The van der Waals surface area contributed by atoms with Crippen molar-refractivity contribution in [1.29, 1.82) is 0 Å². The van der Waals surface area contributed by atoms with Crippen molar-refractivity contribution in [2.75, 3.05) is 13.3 Å². The SMILES string of the molecule is CCCCCCCCOC(=O)C[C@H](NC(=O)C1(C(C)C)CC(c2nccc3ccccc23)=NO1)C(=O)CF. The molecule has 2 aromatic rings. The molecule has 0 saturated carbocycles. The number of pyridine rings is 1. The Morgan fingerprint density at radius 2 is 1.84 bits per heavy atom. The van der Waals surface area contributed by atoms with Crippen LogP contribution in [-0.2, 0) is 24.0 Å². The Kier molecular flexibility index (Phi) is 10.7. The summed E-state index contributed by atoms with van der Waals surface area (Å²) in [7, 11) is 0. The van der Waals surface area contributed by atoms with E-state index in [9.17, 15) is 18.8 Å². The number of rotatable bonds is 15. The van der Waals surface area contributed by atoms with E-state index in [0.717, 1.165) is 42.9 Å². The molecule has 8 nitrogen and oxygen atoms in total. The molecule has 0 fully saturated rings. The van der Waals surface area contributed by atoms with Crippen molar-refractivity contribution in [3.63, 3.8) is 0 Å². The van der Waals surface area contributed by atoms with Gasteiger partial charge in [-0.2, -0.15) is 0 Å². The number of amides is 1. The number of esters is 1.